The van der Waals surface area contributed by atoms with Gasteiger partial charge in [0.15, 0.2) is 18.1 Å². The summed E-state index contributed by atoms with van der Waals surface area (Å²) < 4.78 is 39.2. The van der Waals surface area contributed by atoms with Gasteiger partial charge in [-0.25, -0.2) is 9.18 Å². The molecule has 0 amide bonds. The lowest BCUT2D eigenvalue weighted by atomic mass is 10.2. The minimum Gasteiger partial charge on any atom is -0.504 e. The first-order valence-corrected chi connectivity index (χ1v) is 8.52. The van der Waals surface area contributed by atoms with Gasteiger partial charge in [0.2, 0.25) is 11.2 Å². The number of hydrogen-bond donors (Lipinski definition) is 1. The quantitative estimate of drug-likeness (QED) is 0.598. The topological polar surface area (TPSA) is 104 Å². The molecule has 2 aromatic carbocycles. The second kappa shape index (κ2) is 8.51. The maximum Gasteiger partial charge on any atom is 0.344 e. The molecule has 3 aromatic rings. The number of rotatable bonds is 7. The average Bonchev–Trinajstić information content (AvgIpc) is 2.68. The van der Waals surface area contributed by atoms with Gasteiger partial charge in [-0.3, -0.25) is 4.79 Å². The highest BCUT2D eigenvalue weighted by atomic mass is 19.1. The van der Waals surface area contributed by atoms with Crippen molar-refractivity contribution in [2.45, 2.75) is 6.92 Å². The fourth-order valence-electron chi connectivity index (χ4n) is 2.55. The van der Waals surface area contributed by atoms with Gasteiger partial charge in [-0.15, -0.1) is 0 Å². The first-order chi connectivity index (χ1) is 13.9. The molecule has 0 saturated heterocycles. The van der Waals surface area contributed by atoms with Crippen LogP contribution in [0.4, 0.5) is 4.39 Å². The Labute approximate surface area is 164 Å². The first kappa shape index (κ1) is 20.0. The van der Waals surface area contributed by atoms with Gasteiger partial charge in [0, 0.05) is 6.07 Å². The lowest BCUT2D eigenvalue weighted by molar-refractivity contribution is -0.145. The van der Waals surface area contributed by atoms with Gasteiger partial charge in [-0.05, 0) is 31.2 Å². The Morgan fingerprint density at radius 3 is 2.59 bits per heavy atom. The van der Waals surface area contributed by atoms with E-state index in [0.29, 0.717) is 0 Å². The molecule has 0 aliphatic rings. The molecule has 1 heterocycles. The Morgan fingerprint density at radius 2 is 1.93 bits per heavy atom. The Kier molecular flexibility index (Phi) is 5.87. The van der Waals surface area contributed by atoms with Crippen molar-refractivity contribution in [1.82, 2.24) is 0 Å². The van der Waals surface area contributed by atoms with E-state index in [4.69, 9.17) is 23.4 Å². The largest absolute Gasteiger partial charge is 0.504 e. The Morgan fingerprint density at radius 1 is 1.21 bits per heavy atom. The van der Waals surface area contributed by atoms with E-state index in [1.165, 1.54) is 37.4 Å². The first-order valence-electron chi connectivity index (χ1n) is 8.52. The van der Waals surface area contributed by atoms with Gasteiger partial charge in [0.05, 0.1) is 19.8 Å². The Hall–Kier alpha value is -3.75. The predicted molar refractivity (Wildman–Crippen MR) is 99.3 cm³/mol. The second-order valence-electron chi connectivity index (χ2n) is 5.71. The number of ether oxygens (including phenoxy) is 4. The summed E-state index contributed by atoms with van der Waals surface area (Å²) in [6, 6.07) is 7.41. The number of hydrogen-bond acceptors (Lipinski definition) is 8. The van der Waals surface area contributed by atoms with Gasteiger partial charge in [0.1, 0.15) is 22.5 Å². The number of phenols is 1. The van der Waals surface area contributed by atoms with E-state index < -0.39 is 29.6 Å². The van der Waals surface area contributed by atoms with Crippen molar-refractivity contribution >= 4 is 16.9 Å². The minimum absolute atomic E-state index is 0.0346. The molecule has 0 bridgehead atoms. The zero-order chi connectivity index (χ0) is 21.0. The molecule has 29 heavy (non-hydrogen) atoms. The van der Waals surface area contributed by atoms with Crippen LogP contribution in [-0.4, -0.2) is 31.4 Å². The van der Waals surface area contributed by atoms with Crippen molar-refractivity contribution < 1.29 is 37.7 Å². The van der Waals surface area contributed by atoms with E-state index in [-0.39, 0.29) is 40.8 Å². The lowest BCUT2D eigenvalue weighted by Gasteiger charge is -2.13. The molecule has 0 unspecified atom stereocenters. The summed E-state index contributed by atoms with van der Waals surface area (Å²) in [5.41, 5.74) is -0.664. The summed E-state index contributed by atoms with van der Waals surface area (Å²) in [5.74, 6) is -1.69. The van der Waals surface area contributed by atoms with E-state index in [2.05, 4.69) is 0 Å². The number of esters is 1. The monoisotopic (exact) mass is 404 g/mol. The van der Waals surface area contributed by atoms with Crippen LogP contribution < -0.4 is 19.6 Å². The zero-order valence-electron chi connectivity index (χ0n) is 15.6. The average molecular weight is 404 g/mol. The molecule has 8 nitrogen and oxygen atoms in total. The van der Waals surface area contributed by atoms with E-state index in [9.17, 15) is 19.1 Å². The van der Waals surface area contributed by atoms with Crippen LogP contribution in [0.15, 0.2) is 45.6 Å². The van der Waals surface area contributed by atoms with Crippen LogP contribution in [0, 0.1) is 5.82 Å². The third-order valence-corrected chi connectivity index (χ3v) is 3.78. The van der Waals surface area contributed by atoms with Crippen molar-refractivity contribution in [3.05, 3.63) is 52.4 Å². The standard InChI is InChI=1S/C20H17FO8/c1-3-26-16(23)10-27-15-9-14-18(19(24)20(15)25-2)13(22)8-17(29-14)28-12-6-4-11(21)5-7-12/h4-9,24H,3,10H2,1-2H3. The maximum atomic E-state index is 13.0. The molecule has 1 aromatic heterocycles. The lowest BCUT2D eigenvalue weighted by Crippen LogP contribution is -2.15. The highest BCUT2D eigenvalue weighted by Crippen LogP contribution is 2.42. The van der Waals surface area contributed by atoms with Crippen LogP contribution in [-0.2, 0) is 9.53 Å². The number of aromatic hydroxyl groups is 1. The summed E-state index contributed by atoms with van der Waals surface area (Å²) in [6.45, 7) is 1.39. The van der Waals surface area contributed by atoms with Crippen LogP contribution in [0.2, 0.25) is 0 Å². The fraction of sp³-hybridized carbons (Fsp3) is 0.200. The molecule has 152 valence electrons. The van der Waals surface area contributed by atoms with E-state index >= 15 is 0 Å². The van der Waals surface area contributed by atoms with Crippen molar-refractivity contribution in [3.63, 3.8) is 0 Å². The number of carbonyl (C=O) groups excluding carboxylic acids is 1. The van der Waals surface area contributed by atoms with Gasteiger partial charge < -0.3 is 28.5 Å². The minimum atomic E-state index is -0.621. The molecule has 0 aliphatic heterocycles. The summed E-state index contributed by atoms with van der Waals surface area (Å²) in [5, 5.41) is 10.3. The van der Waals surface area contributed by atoms with Crippen LogP contribution in [0.5, 0.6) is 28.9 Å². The van der Waals surface area contributed by atoms with Gasteiger partial charge in [-0.1, -0.05) is 0 Å². The molecule has 0 fully saturated rings. The van der Waals surface area contributed by atoms with E-state index in [1.807, 2.05) is 0 Å². The molecular weight excluding hydrogens is 387 g/mol. The second-order valence-corrected chi connectivity index (χ2v) is 5.71. The van der Waals surface area contributed by atoms with Crippen molar-refractivity contribution in [1.29, 1.82) is 0 Å². The summed E-state index contributed by atoms with van der Waals surface area (Å²) in [4.78, 5) is 24.0. The third-order valence-electron chi connectivity index (χ3n) is 3.78. The fourth-order valence-corrected chi connectivity index (χ4v) is 2.55. The van der Waals surface area contributed by atoms with E-state index in [1.54, 1.807) is 6.92 Å². The van der Waals surface area contributed by atoms with Crippen LogP contribution in [0.1, 0.15) is 6.92 Å². The molecule has 0 saturated carbocycles. The Balaban J connectivity index is 2.00. The van der Waals surface area contributed by atoms with Crippen LogP contribution in [0.3, 0.4) is 0 Å². The highest BCUT2D eigenvalue weighted by molar-refractivity contribution is 5.89. The molecule has 0 radical (unpaired) electrons. The van der Waals surface area contributed by atoms with Crippen molar-refractivity contribution in [2.75, 3.05) is 20.3 Å². The molecular formula is C20H17FO8. The Bertz CT molecular complexity index is 1090. The number of halogens is 1. The van der Waals surface area contributed by atoms with Gasteiger partial charge >= 0.3 is 5.97 Å². The molecule has 9 heteroatoms. The number of methoxy groups -OCH3 is 1. The smallest absolute Gasteiger partial charge is 0.344 e. The summed E-state index contributed by atoms with van der Waals surface area (Å²) in [7, 11) is 1.27. The molecule has 0 spiro atoms. The number of benzene rings is 2. The number of phenolic OH excluding ortho intramolecular Hbond substituents is 1. The van der Waals surface area contributed by atoms with Gasteiger partial charge in [0.25, 0.3) is 5.95 Å². The highest BCUT2D eigenvalue weighted by Gasteiger charge is 2.21. The van der Waals surface area contributed by atoms with Crippen molar-refractivity contribution in [2.24, 2.45) is 0 Å². The van der Waals surface area contributed by atoms with Crippen molar-refractivity contribution in [3.8, 4) is 28.9 Å². The van der Waals surface area contributed by atoms with Gasteiger partial charge in [-0.2, -0.15) is 0 Å². The SMILES string of the molecule is CCOC(=O)COc1cc2oc(Oc3ccc(F)cc3)cc(=O)c2c(O)c1OC. The molecule has 3 rings (SSSR count). The summed E-state index contributed by atoms with van der Waals surface area (Å²) >= 11 is 0. The predicted octanol–water partition coefficient (Wildman–Crippen LogP) is 3.38. The van der Waals surface area contributed by atoms with Crippen LogP contribution >= 0.6 is 0 Å². The maximum absolute atomic E-state index is 13.0. The summed E-state index contributed by atoms with van der Waals surface area (Å²) in [6.07, 6.45) is 0. The molecule has 1 N–H and O–H groups in total. The normalized spacial score (nSPS) is 10.6. The van der Waals surface area contributed by atoms with Crippen LogP contribution in [0.25, 0.3) is 11.0 Å². The number of fused-ring (bicyclic) bond motifs is 1. The third kappa shape index (κ3) is 4.40. The molecule has 0 aliphatic carbocycles. The number of carbonyl (C=O) groups is 1. The molecule has 0 atom stereocenters. The van der Waals surface area contributed by atoms with E-state index in [0.717, 1.165) is 6.07 Å². The zero-order valence-corrected chi connectivity index (χ0v) is 15.6.